The average molecular weight is 211 g/mol. The van der Waals surface area contributed by atoms with Gasteiger partial charge in [0.1, 0.15) is 0 Å². The lowest BCUT2D eigenvalue weighted by Gasteiger charge is -2.38. The lowest BCUT2D eigenvalue weighted by atomic mass is 9.84. The van der Waals surface area contributed by atoms with Gasteiger partial charge in [-0.15, -0.1) is 0 Å². The van der Waals surface area contributed by atoms with Gasteiger partial charge in [-0.3, -0.25) is 0 Å². The van der Waals surface area contributed by atoms with Crippen LogP contribution in [0, 0.1) is 5.92 Å². The summed E-state index contributed by atoms with van der Waals surface area (Å²) < 4.78 is 0. The Bertz CT molecular complexity index is 175. The summed E-state index contributed by atoms with van der Waals surface area (Å²) in [6.07, 6.45) is 10.8. The van der Waals surface area contributed by atoms with E-state index in [0.29, 0.717) is 18.6 Å². The highest BCUT2D eigenvalue weighted by Gasteiger charge is 2.29. The molecule has 0 aromatic rings. The zero-order valence-corrected chi connectivity index (χ0v) is 9.83. The molecule has 1 aliphatic heterocycles. The molecule has 0 aromatic carbocycles. The Hall–Kier alpha value is -0.0800. The van der Waals surface area contributed by atoms with Gasteiger partial charge < -0.3 is 10.0 Å². The number of hydrogen-bond donors (Lipinski definition) is 1. The normalized spacial score (nSPS) is 35.0. The molecular formula is C13H25NO. The summed E-state index contributed by atoms with van der Waals surface area (Å²) in [5.74, 6) is 0.567. The molecule has 1 aliphatic carbocycles. The molecule has 2 atom stereocenters. The predicted octanol–water partition coefficient (Wildman–Crippen LogP) is 2.41. The van der Waals surface area contributed by atoms with Crippen LogP contribution in [0.25, 0.3) is 0 Å². The van der Waals surface area contributed by atoms with Crippen LogP contribution in [0.3, 0.4) is 0 Å². The molecule has 0 bridgehead atoms. The number of aliphatic hydroxyl groups is 1. The summed E-state index contributed by atoms with van der Waals surface area (Å²) >= 11 is 0. The monoisotopic (exact) mass is 211 g/mol. The largest absolute Gasteiger partial charge is 0.396 e. The summed E-state index contributed by atoms with van der Waals surface area (Å²) in [7, 11) is 0. The number of aliphatic hydroxyl groups excluding tert-OH is 1. The number of nitrogens with zero attached hydrogens (tertiary/aromatic N) is 1. The number of hydrogen-bond acceptors (Lipinski definition) is 2. The van der Waals surface area contributed by atoms with Gasteiger partial charge in [-0.25, -0.2) is 0 Å². The first-order valence-corrected chi connectivity index (χ1v) is 6.76. The van der Waals surface area contributed by atoms with Crippen LogP contribution in [0.5, 0.6) is 0 Å². The first kappa shape index (κ1) is 11.4. The summed E-state index contributed by atoms with van der Waals surface area (Å²) in [6.45, 7) is 2.96. The van der Waals surface area contributed by atoms with Gasteiger partial charge in [-0.05, 0) is 44.7 Å². The third kappa shape index (κ3) is 2.94. The van der Waals surface area contributed by atoms with Gasteiger partial charge in [-0.1, -0.05) is 25.7 Å². The smallest absolute Gasteiger partial charge is 0.0474 e. The summed E-state index contributed by atoms with van der Waals surface area (Å²) in [6, 6.07) is 0.696. The molecular weight excluding hydrogens is 186 g/mol. The van der Waals surface area contributed by atoms with Crippen LogP contribution in [0.15, 0.2) is 0 Å². The second-order valence-electron chi connectivity index (χ2n) is 5.24. The van der Waals surface area contributed by atoms with Crippen molar-refractivity contribution in [1.29, 1.82) is 0 Å². The number of rotatable bonds is 2. The lowest BCUT2D eigenvalue weighted by molar-refractivity contribution is 0.0676. The van der Waals surface area contributed by atoms with Crippen molar-refractivity contribution in [2.24, 2.45) is 5.92 Å². The molecule has 15 heavy (non-hydrogen) atoms. The van der Waals surface area contributed by atoms with Gasteiger partial charge in [0.05, 0.1) is 0 Å². The van der Waals surface area contributed by atoms with Crippen molar-refractivity contribution in [3.05, 3.63) is 0 Å². The summed E-state index contributed by atoms with van der Waals surface area (Å²) in [4.78, 5) is 2.67. The van der Waals surface area contributed by atoms with Crippen molar-refractivity contribution in [2.75, 3.05) is 19.7 Å². The quantitative estimate of drug-likeness (QED) is 0.758. The van der Waals surface area contributed by atoms with E-state index >= 15 is 0 Å². The molecule has 88 valence electrons. The molecule has 1 N–H and O–H groups in total. The SMILES string of the molecule is OCC1CCCCC1N1CCCCCC1. The van der Waals surface area contributed by atoms with E-state index in [4.69, 9.17) is 0 Å². The Morgan fingerprint density at radius 3 is 2.20 bits per heavy atom. The van der Waals surface area contributed by atoms with Crippen molar-refractivity contribution < 1.29 is 5.11 Å². The zero-order chi connectivity index (χ0) is 10.5. The minimum absolute atomic E-state index is 0.404. The van der Waals surface area contributed by atoms with Crippen LogP contribution in [-0.2, 0) is 0 Å². The molecule has 2 nitrogen and oxygen atoms in total. The van der Waals surface area contributed by atoms with Gasteiger partial charge >= 0.3 is 0 Å². The topological polar surface area (TPSA) is 23.5 Å². The Balaban J connectivity index is 1.92. The second-order valence-corrected chi connectivity index (χ2v) is 5.24. The minimum atomic E-state index is 0.404. The lowest BCUT2D eigenvalue weighted by Crippen LogP contribution is -2.44. The highest BCUT2D eigenvalue weighted by molar-refractivity contribution is 4.83. The minimum Gasteiger partial charge on any atom is -0.396 e. The van der Waals surface area contributed by atoms with Crippen LogP contribution in [-0.4, -0.2) is 35.7 Å². The van der Waals surface area contributed by atoms with Crippen molar-refractivity contribution in [1.82, 2.24) is 4.90 Å². The fraction of sp³-hybridized carbons (Fsp3) is 1.00. The van der Waals surface area contributed by atoms with E-state index in [9.17, 15) is 5.11 Å². The molecule has 2 heteroatoms. The second kappa shape index (κ2) is 5.86. The van der Waals surface area contributed by atoms with Crippen molar-refractivity contribution >= 4 is 0 Å². The Morgan fingerprint density at radius 2 is 1.53 bits per heavy atom. The molecule has 2 fully saturated rings. The average Bonchev–Trinajstić information content (AvgIpc) is 2.57. The van der Waals surface area contributed by atoms with Crippen LogP contribution >= 0.6 is 0 Å². The van der Waals surface area contributed by atoms with Crippen LogP contribution < -0.4 is 0 Å². The first-order chi connectivity index (χ1) is 7.42. The molecule has 1 saturated heterocycles. The molecule has 0 radical (unpaired) electrons. The van der Waals surface area contributed by atoms with Gasteiger partial charge in [0.15, 0.2) is 0 Å². The van der Waals surface area contributed by atoms with Gasteiger partial charge in [0.25, 0.3) is 0 Å². The summed E-state index contributed by atoms with van der Waals surface area (Å²) in [5.41, 5.74) is 0. The predicted molar refractivity (Wildman–Crippen MR) is 62.9 cm³/mol. The van der Waals surface area contributed by atoms with E-state index in [1.165, 1.54) is 64.5 Å². The number of likely N-dealkylation sites (tertiary alicyclic amines) is 1. The van der Waals surface area contributed by atoms with Crippen molar-refractivity contribution in [3.63, 3.8) is 0 Å². The van der Waals surface area contributed by atoms with E-state index in [2.05, 4.69) is 4.90 Å². The van der Waals surface area contributed by atoms with Crippen LogP contribution in [0.1, 0.15) is 51.4 Å². The molecule has 2 unspecified atom stereocenters. The fourth-order valence-corrected chi connectivity index (χ4v) is 3.31. The Kier molecular flexibility index (Phi) is 4.45. The fourth-order valence-electron chi connectivity index (χ4n) is 3.31. The standard InChI is InChI=1S/C13H25NO/c15-11-12-7-3-4-8-13(12)14-9-5-1-2-6-10-14/h12-13,15H,1-11H2. The third-order valence-corrected chi connectivity index (χ3v) is 4.21. The van der Waals surface area contributed by atoms with Gasteiger partial charge in [0.2, 0.25) is 0 Å². The van der Waals surface area contributed by atoms with E-state index in [1.807, 2.05) is 0 Å². The molecule has 1 heterocycles. The van der Waals surface area contributed by atoms with Gasteiger partial charge in [-0.2, -0.15) is 0 Å². The van der Waals surface area contributed by atoms with E-state index in [-0.39, 0.29) is 0 Å². The zero-order valence-electron chi connectivity index (χ0n) is 9.83. The van der Waals surface area contributed by atoms with Crippen molar-refractivity contribution in [3.8, 4) is 0 Å². The molecule has 1 saturated carbocycles. The summed E-state index contributed by atoms with van der Waals surface area (Å²) in [5, 5.41) is 9.44. The third-order valence-electron chi connectivity index (χ3n) is 4.21. The highest BCUT2D eigenvalue weighted by atomic mass is 16.3. The van der Waals surface area contributed by atoms with Crippen LogP contribution in [0.4, 0.5) is 0 Å². The molecule has 0 aromatic heterocycles. The highest BCUT2D eigenvalue weighted by Crippen LogP contribution is 2.29. The molecule has 0 amide bonds. The Morgan fingerprint density at radius 1 is 0.867 bits per heavy atom. The van der Waals surface area contributed by atoms with E-state index < -0.39 is 0 Å². The van der Waals surface area contributed by atoms with E-state index in [0.717, 1.165) is 0 Å². The van der Waals surface area contributed by atoms with Gasteiger partial charge in [0, 0.05) is 12.6 Å². The van der Waals surface area contributed by atoms with Crippen molar-refractivity contribution in [2.45, 2.75) is 57.4 Å². The van der Waals surface area contributed by atoms with Crippen LogP contribution in [0.2, 0.25) is 0 Å². The Labute approximate surface area is 93.7 Å². The van der Waals surface area contributed by atoms with E-state index in [1.54, 1.807) is 0 Å². The maximum atomic E-state index is 9.44. The maximum absolute atomic E-state index is 9.44. The molecule has 2 aliphatic rings. The first-order valence-electron chi connectivity index (χ1n) is 6.76. The molecule has 2 rings (SSSR count). The maximum Gasteiger partial charge on any atom is 0.0474 e. The molecule has 0 spiro atoms.